The predicted octanol–water partition coefficient (Wildman–Crippen LogP) is 5.59. The summed E-state index contributed by atoms with van der Waals surface area (Å²) in [6.45, 7) is 0. The molecule has 1 aromatic carbocycles. The van der Waals surface area contributed by atoms with Gasteiger partial charge in [-0.2, -0.15) is 5.26 Å². The molecule has 0 N–H and O–H groups in total. The molecule has 2 heterocycles. The van der Waals surface area contributed by atoms with Crippen LogP contribution in [-0.4, -0.2) is 0 Å². The third-order valence-corrected chi connectivity index (χ3v) is 5.27. The van der Waals surface area contributed by atoms with Gasteiger partial charge in [0.2, 0.25) is 0 Å². The van der Waals surface area contributed by atoms with Gasteiger partial charge in [0.05, 0.1) is 10.6 Å². The third-order valence-electron chi connectivity index (χ3n) is 2.74. The largest absolute Gasteiger partial charge is 0.192 e. The SMILES string of the molecule is N#C/C(=C(/Cl)c1cc2ccccc2s1)c1cccs1. The summed E-state index contributed by atoms with van der Waals surface area (Å²) in [5.41, 5.74) is 0.545. The Balaban J connectivity index is 2.17. The Bertz CT molecular complexity index is 758. The molecule has 0 atom stereocenters. The van der Waals surface area contributed by atoms with Gasteiger partial charge in [0.1, 0.15) is 6.07 Å². The highest BCUT2D eigenvalue weighted by Crippen LogP contribution is 2.37. The van der Waals surface area contributed by atoms with E-state index < -0.39 is 0 Å². The first-order valence-electron chi connectivity index (χ1n) is 5.62. The second-order valence-corrected chi connectivity index (χ2v) is 6.34. The lowest BCUT2D eigenvalue weighted by molar-refractivity contribution is 1.54. The van der Waals surface area contributed by atoms with Crippen LogP contribution >= 0.6 is 34.3 Å². The summed E-state index contributed by atoms with van der Waals surface area (Å²) in [6.07, 6.45) is 0. The number of benzene rings is 1. The first-order chi connectivity index (χ1) is 9.29. The monoisotopic (exact) mass is 301 g/mol. The lowest BCUT2D eigenvalue weighted by atomic mass is 10.2. The van der Waals surface area contributed by atoms with E-state index in [1.165, 1.54) is 16.0 Å². The molecule has 2 aromatic heterocycles. The number of allylic oxidation sites excluding steroid dienone is 1. The fourth-order valence-corrected chi connectivity index (χ4v) is 3.95. The molecule has 0 amide bonds. The summed E-state index contributed by atoms with van der Waals surface area (Å²) in [4.78, 5) is 1.85. The van der Waals surface area contributed by atoms with E-state index in [2.05, 4.69) is 18.2 Å². The van der Waals surface area contributed by atoms with Gasteiger partial charge in [-0.3, -0.25) is 0 Å². The third kappa shape index (κ3) is 2.31. The van der Waals surface area contributed by atoms with E-state index in [9.17, 15) is 5.26 Å². The maximum absolute atomic E-state index is 9.32. The van der Waals surface area contributed by atoms with E-state index >= 15 is 0 Å². The van der Waals surface area contributed by atoms with Gasteiger partial charge in [-0.15, -0.1) is 22.7 Å². The number of hydrogen-bond donors (Lipinski definition) is 0. The Morgan fingerprint density at radius 1 is 1.11 bits per heavy atom. The van der Waals surface area contributed by atoms with E-state index in [1.807, 2.05) is 35.7 Å². The van der Waals surface area contributed by atoms with Crippen LogP contribution in [0.15, 0.2) is 47.8 Å². The second kappa shape index (κ2) is 5.18. The van der Waals surface area contributed by atoms with Crippen LogP contribution in [0.2, 0.25) is 0 Å². The highest BCUT2D eigenvalue weighted by atomic mass is 35.5. The van der Waals surface area contributed by atoms with Gasteiger partial charge in [-0.05, 0) is 29.0 Å². The molecule has 0 aliphatic heterocycles. The molecular formula is C15H8ClNS2. The zero-order valence-electron chi connectivity index (χ0n) is 9.76. The van der Waals surface area contributed by atoms with Gasteiger partial charge < -0.3 is 0 Å². The zero-order chi connectivity index (χ0) is 13.2. The van der Waals surface area contributed by atoms with E-state index in [-0.39, 0.29) is 0 Å². The molecule has 0 radical (unpaired) electrons. The lowest BCUT2D eigenvalue weighted by Crippen LogP contribution is -1.79. The summed E-state index contributed by atoms with van der Waals surface area (Å²) in [7, 11) is 0. The molecular weight excluding hydrogens is 294 g/mol. The fourth-order valence-electron chi connectivity index (χ4n) is 1.85. The Morgan fingerprint density at radius 2 is 1.95 bits per heavy atom. The number of fused-ring (bicyclic) bond motifs is 1. The van der Waals surface area contributed by atoms with Crippen molar-refractivity contribution in [2.75, 3.05) is 0 Å². The number of nitrogens with zero attached hydrogens (tertiary/aromatic N) is 1. The lowest BCUT2D eigenvalue weighted by Gasteiger charge is -1.98. The Morgan fingerprint density at radius 3 is 2.63 bits per heavy atom. The minimum atomic E-state index is 0.533. The van der Waals surface area contributed by atoms with Crippen molar-refractivity contribution in [2.24, 2.45) is 0 Å². The number of nitriles is 1. The van der Waals surface area contributed by atoms with Crippen molar-refractivity contribution in [3.05, 3.63) is 57.6 Å². The minimum Gasteiger partial charge on any atom is -0.192 e. The average Bonchev–Trinajstić information content (AvgIpc) is 3.08. The van der Waals surface area contributed by atoms with Crippen LogP contribution < -0.4 is 0 Å². The van der Waals surface area contributed by atoms with Crippen LogP contribution in [0, 0.1) is 11.3 Å². The molecule has 0 bridgehead atoms. The van der Waals surface area contributed by atoms with Crippen molar-refractivity contribution in [3.8, 4) is 6.07 Å². The molecule has 0 aliphatic rings. The molecule has 0 saturated carbocycles. The number of rotatable bonds is 2. The zero-order valence-corrected chi connectivity index (χ0v) is 12.1. The molecule has 0 spiro atoms. The Kier molecular flexibility index (Phi) is 3.39. The highest BCUT2D eigenvalue weighted by Gasteiger charge is 2.12. The molecule has 92 valence electrons. The molecule has 3 aromatic rings. The summed E-state index contributed by atoms with van der Waals surface area (Å²) in [5.74, 6) is 0. The number of hydrogen-bond acceptors (Lipinski definition) is 3. The molecule has 0 fully saturated rings. The van der Waals surface area contributed by atoms with Crippen molar-refractivity contribution in [1.82, 2.24) is 0 Å². The van der Waals surface area contributed by atoms with Crippen molar-refractivity contribution < 1.29 is 0 Å². The number of halogens is 1. The van der Waals surface area contributed by atoms with Gasteiger partial charge in [0, 0.05) is 14.5 Å². The first-order valence-corrected chi connectivity index (χ1v) is 7.69. The first kappa shape index (κ1) is 12.4. The van der Waals surface area contributed by atoms with Gasteiger partial charge in [-0.25, -0.2) is 0 Å². The predicted molar refractivity (Wildman–Crippen MR) is 84.4 cm³/mol. The Labute approximate surface area is 124 Å². The molecule has 3 rings (SSSR count). The molecule has 1 nitrogen and oxygen atoms in total. The molecule has 0 aliphatic carbocycles. The number of thiophene rings is 2. The van der Waals surface area contributed by atoms with Crippen molar-refractivity contribution in [3.63, 3.8) is 0 Å². The summed E-state index contributed by atoms with van der Waals surface area (Å²) in [5, 5.41) is 13.0. The standard InChI is InChI=1S/C15H8ClNS2/c16-15(11(9-17)13-6-3-7-18-13)14-8-10-4-1-2-5-12(10)19-14/h1-8H/b15-11-. The Hall–Kier alpha value is -1.60. The van der Waals surface area contributed by atoms with Gasteiger partial charge in [0.15, 0.2) is 0 Å². The van der Waals surface area contributed by atoms with E-state index in [0.29, 0.717) is 10.6 Å². The van der Waals surface area contributed by atoms with Crippen molar-refractivity contribution in [2.45, 2.75) is 0 Å². The van der Waals surface area contributed by atoms with Crippen LogP contribution in [0.4, 0.5) is 0 Å². The van der Waals surface area contributed by atoms with Crippen LogP contribution in [0.1, 0.15) is 9.75 Å². The van der Waals surface area contributed by atoms with E-state index in [4.69, 9.17) is 11.6 Å². The quantitative estimate of drug-likeness (QED) is 0.566. The van der Waals surface area contributed by atoms with Crippen LogP contribution in [-0.2, 0) is 0 Å². The topological polar surface area (TPSA) is 23.8 Å². The minimum absolute atomic E-state index is 0.533. The molecule has 19 heavy (non-hydrogen) atoms. The highest BCUT2D eigenvalue weighted by molar-refractivity contribution is 7.21. The van der Waals surface area contributed by atoms with E-state index in [0.717, 1.165) is 15.1 Å². The van der Waals surface area contributed by atoms with Crippen molar-refractivity contribution in [1.29, 1.82) is 5.26 Å². The summed E-state index contributed by atoms with van der Waals surface area (Å²) < 4.78 is 1.18. The molecule has 0 saturated heterocycles. The van der Waals surface area contributed by atoms with E-state index in [1.54, 1.807) is 11.3 Å². The maximum Gasteiger partial charge on any atom is 0.102 e. The second-order valence-electron chi connectivity index (χ2n) is 3.93. The van der Waals surface area contributed by atoms with Gasteiger partial charge in [-0.1, -0.05) is 35.9 Å². The summed E-state index contributed by atoms with van der Waals surface area (Å²) >= 11 is 9.54. The van der Waals surface area contributed by atoms with Crippen molar-refractivity contribution >= 4 is 55.0 Å². The average molecular weight is 302 g/mol. The van der Waals surface area contributed by atoms with Gasteiger partial charge >= 0.3 is 0 Å². The smallest absolute Gasteiger partial charge is 0.102 e. The normalized spacial score (nSPS) is 12.2. The summed E-state index contributed by atoms with van der Waals surface area (Å²) in [6, 6.07) is 16.2. The maximum atomic E-state index is 9.32. The fraction of sp³-hybridized carbons (Fsp3) is 0. The van der Waals surface area contributed by atoms with Crippen LogP contribution in [0.3, 0.4) is 0 Å². The van der Waals surface area contributed by atoms with Gasteiger partial charge in [0.25, 0.3) is 0 Å². The molecule has 4 heteroatoms. The van der Waals surface area contributed by atoms with Crippen LogP contribution in [0.5, 0.6) is 0 Å². The molecule has 0 unspecified atom stereocenters. The van der Waals surface area contributed by atoms with Crippen LogP contribution in [0.25, 0.3) is 20.7 Å².